The Bertz CT molecular complexity index is 466. The molecule has 1 aliphatic rings. The van der Waals surface area contributed by atoms with Gasteiger partial charge < -0.3 is 5.11 Å². The van der Waals surface area contributed by atoms with E-state index in [0.29, 0.717) is 6.42 Å². The predicted octanol–water partition coefficient (Wildman–Crippen LogP) is 3.74. The van der Waals surface area contributed by atoms with Gasteiger partial charge in [0.15, 0.2) is 0 Å². The van der Waals surface area contributed by atoms with Crippen molar-refractivity contribution in [1.82, 2.24) is 0 Å². The first-order valence-corrected chi connectivity index (χ1v) is 6.75. The zero-order chi connectivity index (χ0) is 12.5. The van der Waals surface area contributed by atoms with Gasteiger partial charge in [-0.15, -0.1) is 0 Å². The number of nitrogens with zero attached hydrogens (tertiary/aromatic N) is 1. The average Bonchev–Trinajstić information content (AvgIpc) is 2.61. The minimum atomic E-state index is -0.437. The average molecular weight is 294 g/mol. The second kappa shape index (κ2) is 4.80. The largest absolute Gasteiger partial charge is 0.388 e. The molecule has 3 heteroatoms. The monoisotopic (exact) mass is 293 g/mol. The van der Waals surface area contributed by atoms with Crippen LogP contribution in [0.5, 0.6) is 0 Å². The van der Waals surface area contributed by atoms with E-state index < -0.39 is 6.10 Å². The van der Waals surface area contributed by atoms with Crippen LogP contribution in [0.15, 0.2) is 22.7 Å². The Morgan fingerprint density at radius 2 is 2.35 bits per heavy atom. The van der Waals surface area contributed by atoms with E-state index >= 15 is 0 Å². The molecule has 0 fully saturated rings. The summed E-state index contributed by atoms with van der Waals surface area (Å²) >= 11 is 3.44. The molecule has 2 unspecified atom stereocenters. The molecule has 0 aromatic heterocycles. The maximum absolute atomic E-state index is 10.5. The molecule has 0 spiro atoms. The molecule has 0 radical (unpaired) electrons. The molecule has 0 saturated heterocycles. The van der Waals surface area contributed by atoms with Crippen LogP contribution in [0.2, 0.25) is 0 Å². The molecule has 1 aliphatic carbocycles. The van der Waals surface area contributed by atoms with Crippen LogP contribution in [0.3, 0.4) is 0 Å². The van der Waals surface area contributed by atoms with Gasteiger partial charge in [0.05, 0.1) is 12.2 Å². The molecule has 90 valence electrons. The van der Waals surface area contributed by atoms with Gasteiger partial charge in [-0.3, -0.25) is 0 Å². The first-order chi connectivity index (χ1) is 8.13. The van der Waals surface area contributed by atoms with E-state index in [9.17, 15) is 5.11 Å². The van der Waals surface area contributed by atoms with Crippen molar-refractivity contribution >= 4 is 15.9 Å². The highest BCUT2D eigenvalue weighted by molar-refractivity contribution is 9.10. The molecule has 1 N–H and O–H groups in total. The Morgan fingerprint density at radius 3 is 3.00 bits per heavy atom. The standard InChI is InChI=1S/C14H16BrNO/c1-2-14(6-3-7-16)9-10-4-5-11(15)8-12(10)13(14)17/h4-5,8,13,17H,2-3,6,9H2,1H3. The third-order valence-corrected chi connectivity index (χ3v) is 4.46. The van der Waals surface area contributed by atoms with E-state index in [1.807, 2.05) is 12.1 Å². The summed E-state index contributed by atoms with van der Waals surface area (Å²) in [5.41, 5.74) is 2.11. The van der Waals surface area contributed by atoms with Gasteiger partial charge in [-0.05, 0) is 42.5 Å². The topological polar surface area (TPSA) is 44.0 Å². The van der Waals surface area contributed by atoms with Crippen molar-refractivity contribution < 1.29 is 5.11 Å². The highest BCUT2D eigenvalue weighted by Gasteiger charge is 2.43. The molecule has 0 aliphatic heterocycles. The molecule has 1 aromatic carbocycles. The summed E-state index contributed by atoms with van der Waals surface area (Å²) < 4.78 is 1.00. The van der Waals surface area contributed by atoms with E-state index in [1.165, 1.54) is 5.56 Å². The van der Waals surface area contributed by atoms with Crippen molar-refractivity contribution in [3.05, 3.63) is 33.8 Å². The van der Waals surface area contributed by atoms with Crippen molar-refractivity contribution in [2.75, 3.05) is 0 Å². The van der Waals surface area contributed by atoms with Gasteiger partial charge in [0, 0.05) is 16.3 Å². The molecular weight excluding hydrogens is 278 g/mol. The van der Waals surface area contributed by atoms with Crippen LogP contribution < -0.4 is 0 Å². The number of hydrogen-bond acceptors (Lipinski definition) is 2. The summed E-state index contributed by atoms with van der Waals surface area (Å²) in [6.07, 6.45) is 2.64. The van der Waals surface area contributed by atoms with E-state index in [1.54, 1.807) is 0 Å². The lowest BCUT2D eigenvalue weighted by molar-refractivity contribution is 0.0296. The molecular formula is C14H16BrNO. The maximum atomic E-state index is 10.5. The SMILES string of the molecule is CCC1(CCC#N)Cc2ccc(Br)cc2C1O. The lowest BCUT2D eigenvalue weighted by atomic mass is 9.76. The zero-order valence-corrected chi connectivity index (χ0v) is 11.5. The first-order valence-electron chi connectivity index (χ1n) is 5.96. The van der Waals surface area contributed by atoms with Crippen LogP contribution in [0.1, 0.15) is 43.4 Å². The molecule has 1 aromatic rings. The Labute approximate surface area is 110 Å². The minimum Gasteiger partial charge on any atom is -0.388 e. The van der Waals surface area contributed by atoms with Crippen LogP contribution in [0, 0.1) is 16.7 Å². The van der Waals surface area contributed by atoms with Gasteiger partial charge in [0.2, 0.25) is 0 Å². The number of aliphatic hydroxyl groups is 1. The van der Waals surface area contributed by atoms with Crippen molar-refractivity contribution in [2.24, 2.45) is 5.41 Å². The Hall–Kier alpha value is -0.850. The van der Waals surface area contributed by atoms with Crippen LogP contribution in [0.25, 0.3) is 0 Å². The lowest BCUT2D eigenvalue weighted by Crippen LogP contribution is -2.25. The fraction of sp³-hybridized carbons (Fsp3) is 0.500. The van der Waals surface area contributed by atoms with Gasteiger partial charge >= 0.3 is 0 Å². The molecule has 0 saturated carbocycles. The fourth-order valence-corrected chi connectivity index (χ4v) is 3.19. The van der Waals surface area contributed by atoms with Crippen LogP contribution in [0.4, 0.5) is 0 Å². The lowest BCUT2D eigenvalue weighted by Gasteiger charge is -2.31. The van der Waals surface area contributed by atoms with Gasteiger partial charge in [-0.25, -0.2) is 0 Å². The summed E-state index contributed by atoms with van der Waals surface area (Å²) in [6.45, 7) is 2.10. The van der Waals surface area contributed by atoms with Crippen LogP contribution >= 0.6 is 15.9 Å². The third-order valence-electron chi connectivity index (χ3n) is 3.96. The quantitative estimate of drug-likeness (QED) is 0.923. The summed E-state index contributed by atoms with van der Waals surface area (Å²) in [7, 11) is 0. The van der Waals surface area contributed by atoms with Gasteiger partial charge in [-0.2, -0.15) is 5.26 Å². The number of hydrogen-bond donors (Lipinski definition) is 1. The van der Waals surface area contributed by atoms with Crippen LogP contribution in [-0.4, -0.2) is 5.11 Å². The van der Waals surface area contributed by atoms with E-state index in [0.717, 1.165) is 29.3 Å². The Morgan fingerprint density at radius 1 is 1.59 bits per heavy atom. The van der Waals surface area contributed by atoms with Crippen molar-refractivity contribution in [2.45, 2.75) is 38.7 Å². The number of aliphatic hydroxyl groups excluding tert-OH is 1. The van der Waals surface area contributed by atoms with Gasteiger partial charge in [0.25, 0.3) is 0 Å². The van der Waals surface area contributed by atoms with Gasteiger partial charge in [-0.1, -0.05) is 28.9 Å². The van der Waals surface area contributed by atoms with E-state index in [4.69, 9.17) is 5.26 Å². The maximum Gasteiger partial charge on any atom is 0.0852 e. The first kappa shape index (κ1) is 12.6. The van der Waals surface area contributed by atoms with Crippen LogP contribution in [-0.2, 0) is 6.42 Å². The highest BCUT2D eigenvalue weighted by Crippen LogP contribution is 2.51. The number of fused-ring (bicyclic) bond motifs is 1. The number of rotatable bonds is 3. The molecule has 0 heterocycles. The number of nitriles is 1. The van der Waals surface area contributed by atoms with Crippen molar-refractivity contribution in [3.8, 4) is 6.07 Å². The molecule has 0 amide bonds. The zero-order valence-electron chi connectivity index (χ0n) is 9.91. The van der Waals surface area contributed by atoms with Gasteiger partial charge in [0.1, 0.15) is 0 Å². The molecule has 17 heavy (non-hydrogen) atoms. The number of halogens is 1. The summed E-state index contributed by atoms with van der Waals surface area (Å²) in [6, 6.07) is 8.29. The molecule has 0 bridgehead atoms. The predicted molar refractivity (Wildman–Crippen MR) is 70.4 cm³/mol. The summed E-state index contributed by atoms with van der Waals surface area (Å²) in [4.78, 5) is 0. The van der Waals surface area contributed by atoms with Crippen molar-refractivity contribution in [3.63, 3.8) is 0 Å². The summed E-state index contributed by atoms with van der Waals surface area (Å²) in [5, 5.41) is 19.3. The van der Waals surface area contributed by atoms with E-state index in [-0.39, 0.29) is 5.41 Å². The fourth-order valence-electron chi connectivity index (χ4n) is 2.81. The highest BCUT2D eigenvalue weighted by atomic mass is 79.9. The molecule has 2 rings (SSSR count). The second-order valence-corrected chi connectivity index (χ2v) is 5.71. The molecule has 2 atom stereocenters. The Balaban J connectivity index is 2.34. The normalized spacial score (nSPS) is 26.6. The summed E-state index contributed by atoms with van der Waals surface area (Å²) in [5.74, 6) is 0. The Kier molecular flexibility index (Phi) is 3.56. The van der Waals surface area contributed by atoms with E-state index in [2.05, 4.69) is 35.0 Å². The minimum absolute atomic E-state index is 0.140. The van der Waals surface area contributed by atoms with Crippen molar-refractivity contribution in [1.29, 1.82) is 5.26 Å². The molecule has 2 nitrogen and oxygen atoms in total. The number of benzene rings is 1. The second-order valence-electron chi connectivity index (χ2n) is 4.80. The third kappa shape index (κ3) is 2.12. The smallest absolute Gasteiger partial charge is 0.0852 e.